The number of rotatable bonds is 4. The molecule has 18 heavy (non-hydrogen) atoms. The molecular weight excluding hydrogens is 233 g/mol. The number of carbonyl (C=O) groups excluding carboxylic acids is 1. The molecule has 0 radical (unpaired) electrons. The second kappa shape index (κ2) is 6.44. The predicted octanol–water partition coefficient (Wildman–Crippen LogP) is 2.08. The minimum absolute atomic E-state index is 0.0456. The highest BCUT2D eigenvalue weighted by Gasteiger charge is 2.14. The van der Waals surface area contributed by atoms with E-state index in [1.165, 1.54) is 31.2 Å². The number of aromatic nitrogens is 1. The van der Waals surface area contributed by atoms with Crippen LogP contribution in [0.4, 0.5) is 10.1 Å². The molecular formula is C13H18FN3O. The first-order chi connectivity index (χ1) is 8.74. The third-order valence-electron chi connectivity index (χ3n) is 3.14. The average molecular weight is 251 g/mol. The van der Waals surface area contributed by atoms with Gasteiger partial charge in [0.15, 0.2) is 0 Å². The molecule has 98 valence electrons. The maximum Gasteiger partial charge on any atom is 0.224 e. The lowest BCUT2D eigenvalue weighted by molar-refractivity contribution is -0.116. The highest BCUT2D eigenvalue weighted by Crippen LogP contribution is 2.12. The van der Waals surface area contributed by atoms with Crippen LogP contribution < -0.4 is 10.6 Å². The van der Waals surface area contributed by atoms with Crippen molar-refractivity contribution in [3.8, 4) is 0 Å². The molecule has 1 atom stereocenters. The number of halogens is 1. The Balaban J connectivity index is 1.73. The molecule has 2 rings (SSSR count). The van der Waals surface area contributed by atoms with E-state index in [1.54, 1.807) is 0 Å². The van der Waals surface area contributed by atoms with Crippen molar-refractivity contribution in [1.29, 1.82) is 0 Å². The van der Waals surface area contributed by atoms with Gasteiger partial charge >= 0.3 is 0 Å². The standard InChI is InChI=1S/C13H18FN3O/c14-12-6-4-11(9-16-12)17-13(18)7-5-10-3-1-2-8-15-10/h4,6,9-10,15H,1-3,5,7-8H2,(H,17,18). The Hall–Kier alpha value is -1.49. The van der Waals surface area contributed by atoms with Crippen LogP contribution in [0.25, 0.3) is 0 Å². The number of hydrogen-bond acceptors (Lipinski definition) is 3. The van der Waals surface area contributed by atoms with Crippen molar-refractivity contribution in [3.05, 3.63) is 24.3 Å². The Labute approximate surface area is 106 Å². The van der Waals surface area contributed by atoms with Gasteiger partial charge in [-0.3, -0.25) is 4.79 Å². The van der Waals surface area contributed by atoms with Crippen LogP contribution in [0.2, 0.25) is 0 Å². The van der Waals surface area contributed by atoms with E-state index in [4.69, 9.17) is 0 Å². The topological polar surface area (TPSA) is 54.0 Å². The summed E-state index contributed by atoms with van der Waals surface area (Å²) in [6, 6.07) is 3.20. The van der Waals surface area contributed by atoms with E-state index < -0.39 is 5.95 Å². The number of nitrogens with one attached hydrogen (secondary N) is 2. The Bertz CT molecular complexity index is 388. The molecule has 1 fully saturated rings. The first kappa shape index (κ1) is 13.0. The fraction of sp³-hybridized carbons (Fsp3) is 0.538. The van der Waals surface area contributed by atoms with Crippen LogP contribution in [0.5, 0.6) is 0 Å². The fourth-order valence-corrected chi connectivity index (χ4v) is 2.15. The van der Waals surface area contributed by atoms with Crippen LogP contribution in [0.1, 0.15) is 32.1 Å². The van der Waals surface area contributed by atoms with Crippen LogP contribution in [0.15, 0.2) is 18.3 Å². The summed E-state index contributed by atoms with van der Waals surface area (Å²) in [5, 5.41) is 6.12. The van der Waals surface area contributed by atoms with E-state index >= 15 is 0 Å². The van der Waals surface area contributed by atoms with Gasteiger partial charge in [0.1, 0.15) is 0 Å². The summed E-state index contributed by atoms with van der Waals surface area (Å²) < 4.78 is 12.6. The number of pyridine rings is 1. The van der Waals surface area contributed by atoms with Gasteiger partial charge in [0.2, 0.25) is 11.9 Å². The number of piperidine rings is 1. The zero-order valence-electron chi connectivity index (χ0n) is 10.3. The van der Waals surface area contributed by atoms with Crippen LogP contribution in [0.3, 0.4) is 0 Å². The Morgan fingerprint density at radius 2 is 2.39 bits per heavy atom. The first-order valence-electron chi connectivity index (χ1n) is 6.39. The predicted molar refractivity (Wildman–Crippen MR) is 67.7 cm³/mol. The minimum atomic E-state index is -0.542. The molecule has 5 heteroatoms. The zero-order chi connectivity index (χ0) is 12.8. The van der Waals surface area contributed by atoms with Crippen molar-refractivity contribution in [1.82, 2.24) is 10.3 Å². The lowest BCUT2D eigenvalue weighted by Crippen LogP contribution is -2.34. The maximum absolute atomic E-state index is 12.6. The molecule has 1 saturated heterocycles. The third kappa shape index (κ3) is 4.07. The van der Waals surface area contributed by atoms with Crippen molar-refractivity contribution < 1.29 is 9.18 Å². The molecule has 4 nitrogen and oxygen atoms in total. The second-order valence-electron chi connectivity index (χ2n) is 4.60. The quantitative estimate of drug-likeness (QED) is 0.806. The van der Waals surface area contributed by atoms with E-state index in [0.717, 1.165) is 19.4 Å². The van der Waals surface area contributed by atoms with Gasteiger partial charge < -0.3 is 10.6 Å². The summed E-state index contributed by atoms with van der Waals surface area (Å²) in [4.78, 5) is 15.2. The zero-order valence-corrected chi connectivity index (χ0v) is 10.3. The van der Waals surface area contributed by atoms with E-state index in [-0.39, 0.29) is 5.91 Å². The van der Waals surface area contributed by atoms with Gasteiger partial charge in [-0.05, 0) is 37.9 Å². The number of hydrogen-bond donors (Lipinski definition) is 2. The van der Waals surface area contributed by atoms with Crippen molar-refractivity contribution in [3.63, 3.8) is 0 Å². The normalized spacial score (nSPS) is 19.5. The van der Waals surface area contributed by atoms with Gasteiger partial charge in [-0.25, -0.2) is 4.98 Å². The van der Waals surface area contributed by atoms with E-state index in [2.05, 4.69) is 15.6 Å². The van der Waals surface area contributed by atoms with Crippen molar-refractivity contribution in [2.45, 2.75) is 38.1 Å². The Kier molecular flexibility index (Phi) is 4.64. The van der Waals surface area contributed by atoms with Crippen LogP contribution in [0, 0.1) is 5.95 Å². The molecule has 0 spiro atoms. The average Bonchev–Trinajstić information content (AvgIpc) is 2.40. The largest absolute Gasteiger partial charge is 0.325 e. The summed E-state index contributed by atoms with van der Waals surface area (Å²) in [5.74, 6) is -0.588. The van der Waals surface area contributed by atoms with Gasteiger partial charge in [-0.2, -0.15) is 4.39 Å². The fourth-order valence-electron chi connectivity index (χ4n) is 2.15. The molecule has 0 bridgehead atoms. The summed E-state index contributed by atoms with van der Waals surface area (Å²) in [6.45, 7) is 1.05. The molecule has 0 aliphatic carbocycles. The molecule has 1 amide bonds. The van der Waals surface area contributed by atoms with Crippen molar-refractivity contribution >= 4 is 11.6 Å². The smallest absolute Gasteiger partial charge is 0.224 e. The molecule has 1 aromatic rings. The first-order valence-corrected chi connectivity index (χ1v) is 6.39. The van der Waals surface area contributed by atoms with Crippen LogP contribution in [-0.4, -0.2) is 23.5 Å². The molecule has 2 heterocycles. The van der Waals surface area contributed by atoms with Gasteiger partial charge in [0.05, 0.1) is 11.9 Å². The highest BCUT2D eigenvalue weighted by molar-refractivity contribution is 5.90. The summed E-state index contributed by atoms with van der Waals surface area (Å²) >= 11 is 0. The molecule has 0 aromatic carbocycles. The lowest BCUT2D eigenvalue weighted by atomic mass is 10.0. The van der Waals surface area contributed by atoms with Gasteiger partial charge in [0.25, 0.3) is 0 Å². The molecule has 1 aliphatic heterocycles. The van der Waals surface area contributed by atoms with Gasteiger partial charge in [-0.15, -0.1) is 0 Å². The minimum Gasteiger partial charge on any atom is -0.325 e. The number of amides is 1. The van der Waals surface area contributed by atoms with Crippen LogP contribution in [-0.2, 0) is 4.79 Å². The molecule has 1 unspecified atom stereocenters. The number of anilines is 1. The lowest BCUT2D eigenvalue weighted by Gasteiger charge is -2.23. The van der Waals surface area contributed by atoms with E-state index in [1.807, 2.05) is 0 Å². The maximum atomic E-state index is 12.6. The Morgan fingerprint density at radius 1 is 1.50 bits per heavy atom. The van der Waals surface area contributed by atoms with Gasteiger partial charge in [-0.1, -0.05) is 6.42 Å². The summed E-state index contributed by atoms with van der Waals surface area (Å²) in [5.41, 5.74) is 0.540. The molecule has 0 saturated carbocycles. The van der Waals surface area contributed by atoms with E-state index in [9.17, 15) is 9.18 Å². The summed E-state index contributed by atoms with van der Waals surface area (Å²) in [6.07, 6.45) is 6.26. The molecule has 1 aliphatic rings. The number of carbonyl (C=O) groups is 1. The second-order valence-corrected chi connectivity index (χ2v) is 4.60. The van der Waals surface area contributed by atoms with Gasteiger partial charge in [0, 0.05) is 12.5 Å². The van der Waals surface area contributed by atoms with Crippen LogP contribution >= 0.6 is 0 Å². The Morgan fingerprint density at radius 3 is 3.06 bits per heavy atom. The van der Waals surface area contributed by atoms with Crippen molar-refractivity contribution in [2.24, 2.45) is 0 Å². The molecule has 1 aromatic heterocycles. The van der Waals surface area contributed by atoms with Crippen molar-refractivity contribution in [2.75, 3.05) is 11.9 Å². The number of nitrogens with zero attached hydrogens (tertiary/aromatic N) is 1. The summed E-state index contributed by atoms with van der Waals surface area (Å²) in [7, 11) is 0. The SMILES string of the molecule is O=C(CCC1CCCCN1)Nc1ccc(F)nc1. The highest BCUT2D eigenvalue weighted by atomic mass is 19.1. The third-order valence-corrected chi connectivity index (χ3v) is 3.14. The monoisotopic (exact) mass is 251 g/mol. The van der Waals surface area contributed by atoms with E-state index in [0.29, 0.717) is 18.2 Å². The molecule has 2 N–H and O–H groups in total.